The molecule has 0 atom stereocenters. The Bertz CT molecular complexity index is 585. The molecule has 1 aromatic carbocycles. The molecule has 0 aromatic heterocycles. The van der Waals surface area contributed by atoms with Crippen LogP contribution in [-0.2, 0) is 9.59 Å². The molecule has 0 unspecified atom stereocenters. The van der Waals surface area contributed by atoms with Gasteiger partial charge in [-0.05, 0) is 13.0 Å². The Kier molecular flexibility index (Phi) is 4.54. The maximum absolute atomic E-state index is 10.9. The van der Waals surface area contributed by atoms with Crippen molar-refractivity contribution in [3.05, 3.63) is 38.9 Å². The van der Waals surface area contributed by atoms with Crippen molar-refractivity contribution < 1.29 is 14.5 Å². The zero-order valence-corrected chi connectivity index (χ0v) is 10.5. The molecule has 3 N–H and O–H groups in total. The van der Waals surface area contributed by atoms with Gasteiger partial charge in [-0.2, -0.15) is 5.10 Å². The first-order valence-corrected chi connectivity index (χ1v) is 5.29. The van der Waals surface area contributed by atoms with E-state index in [9.17, 15) is 19.7 Å². The smallest absolute Gasteiger partial charge is 0.329 e. The van der Waals surface area contributed by atoms with Gasteiger partial charge in [0.2, 0.25) is 0 Å². The molecule has 100 valence electrons. The van der Waals surface area contributed by atoms with Crippen molar-refractivity contribution >= 4 is 34.8 Å². The number of benzene rings is 1. The van der Waals surface area contributed by atoms with Crippen LogP contribution >= 0.6 is 11.6 Å². The highest BCUT2D eigenvalue weighted by Crippen LogP contribution is 2.25. The highest BCUT2D eigenvalue weighted by atomic mass is 35.5. The summed E-state index contributed by atoms with van der Waals surface area (Å²) in [6.07, 6.45) is 0. The average Bonchev–Trinajstić information content (AvgIpc) is 2.35. The molecule has 0 bridgehead atoms. The molecule has 0 heterocycles. The number of nitro benzene ring substituents is 1. The van der Waals surface area contributed by atoms with Gasteiger partial charge in [-0.3, -0.25) is 19.7 Å². The molecule has 0 aliphatic carbocycles. The van der Waals surface area contributed by atoms with Crippen molar-refractivity contribution in [1.82, 2.24) is 5.43 Å². The quantitative estimate of drug-likeness (QED) is 0.364. The minimum absolute atomic E-state index is 0.0114. The van der Waals surface area contributed by atoms with Crippen LogP contribution in [0.5, 0.6) is 0 Å². The van der Waals surface area contributed by atoms with Gasteiger partial charge in [0.25, 0.3) is 5.69 Å². The minimum atomic E-state index is -1.18. The summed E-state index contributed by atoms with van der Waals surface area (Å²) >= 11 is 5.65. The fourth-order valence-electron chi connectivity index (χ4n) is 1.13. The van der Waals surface area contributed by atoms with E-state index in [4.69, 9.17) is 17.3 Å². The number of nitrogens with one attached hydrogen (secondary N) is 1. The fraction of sp³-hybridized carbons (Fsp3) is 0.100. The maximum atomic E-state index is 10.9. The molecule has 2 amide bonds. The van der Waals surface area contributed by atoms with Crippen molar-refractivity contribution in [2.24, 2.45) is 10.8 Å². The van der Waals surface area contributed by atoms with Crippen LogP contribution in [0.25, 0.3) is 0 Å². The summed E-state index contributed by atoms with van der Waals surface area (Å²) in [4.78, 5) is 31.4. The first-order valence-electron chi connectivity index (χ1n) is 4.91. The topological polar surface area (TPSA) is 128 Å². The summed E-state index contributed by atoms with van der Waals surface area (Å²) in [6.45, 7) is 1.49. The summed E-state index contributed by atoms with van der Waals surface area (Å²) in [5.74, 6) is -2.26. The molecule has 0 saturated heterocycles. The van der Waals surface area contributed by atoms with E-state index >= 15 is 0 Å². The molecule has 0 aliphatic rings. The molecule has 0 fully saturated rings. The number of nitrogens with zero attached hydrogens (tertiary/aromatic N) is 2. The summed E-state index contributed by atoms with van der Waals surface area (Å²) in [7, 11) is 0. The first kappa shape index (κ1) is 14.6. The predicted molar refractivity (Wildman–Crippen MR) is 67.7 cm³/mol. The van der Waals surface area contributed by atoms with Crippen molar-refractivity contribution in [3.8, 4) is 0 Å². The number of rotatable bonds is 3. The van der Waals surface area contributed by atoms with Gasteiger partial charge in [0.1, 0.15) is 5.02 Å². The number of hydrazone groups is 1. The van der Waals surface area contributed by atoms with Crippen molar-refractivity contribution in [1.29, 1.82) is 0 Å². The lowest BCUT2D eigenvalue weighted by molar-refractivity contribution is -0.384. The lowest BCUT2D eigenvalue weighted by Crippen LogP contribution is -2.33. The van der Waals surface area contributed by atoms with Crippen molar-refractivity contribution in [3.63, 3.8) is 0 Å². The largest absolute Gasteiger partial charge is 0.361 e. The second-order valence-corrected chi connectivity index (χ2v) is 3.83. The van der Waals surface area contributed by atoms with Gasteiger partial charge >= 0.3 is 11.8 Å². The normalized spacial score (nSPS) is 10.9. The Balaban J connectivity index is 3.00. The third-order valence-electron chi connectivity index (χ3n) is 2.11. The number of carbonyl (C=O) groups excluding carboxylic acids is 2. The van der Waals surface area contributed by atoms with Crippen LogP contribution in [0.3, 0.4) is 0 Å². The van der Waals surface area contributed by atoms with E-state index < -0.39 is 16.7 Å². The van der Waals surface area contributed by atoms with E-state index in [0.29, 0.717) is 5.56 Å². The van der Waals surface area contributed by atoms with E-state index in [-0.39, 0.29) is 16.4 Å². The molecule has 0 spiro atoms. The molecular formula is C10H9ClN4O4. The zero-order chi connectivity index (χ0) is 14.6. The van der Waals surface area contributed by atoms with Gasteiger partial charge < -0.3 is 5.73 Å². The molecule has 9 heteroatoms. The second kappa shape index (κ2) is 5.91. The summed E-state index contributed by atoms with van der Waals surface area (Å²) in [5.41, 5.74) is 6.98. The van der Waals surface area contributed by atoms with E-state index in [1.165, 1.54) is 25.1 Å². The Morgan fingerprint density at radius 2 is 2.11 bits per heavy atom. The SMILES string of the molecule is C/C(=N\NC(=O)C(N)=O)c1ccc(Cl)c([N+](=O)[O-])c1. The number of hydrogen-bond acceptors (Lipinski definition) is 5. The molecule has 8 nitrogen and oxygen atoms in total. The van der Waals surface area contributed by atoms with Crippen molar-refractivity contribution in [2.75, 3.05) is 0 Å². The number of primary amides is 1. The van der Waals surface area contributed by atoms with Gasteiger partial charge in [-0.25, -0.2) is 5.43 Å². The Morgan fingerprint density at radius 3 is 2.63 bits per heavy atom. The molecule has 1 rings (SSSR count). The van der Waals surface area contributed by atoms with E-state index in [1.807, 2.05) is 5.43 Å². The monoisotopic (exact) mass is 284 g/mol. The Labute approximate surface area is 112 Å². The first-order chi connectivity index (χ1) is 8.82. The van der Waals surface area contributed by atoms with Crippen LogP contribution in [0, 0.1) is 10.1 Å². The minimum Gasteiger partial charge on any atom is -0.361 e. The van der Waals surface area contributed by atoms with Gasteiger partial charge in [-0.15, -0.1) is 0 Å². The van der Waals surface area contributed by atoms with Gasteiger partial charge in [-0.1, -0.05) is 17.7 Å². The summed E-state index contributed by atoms with van der Waals surface area (Å²) in [6, 6.07) is 4.03. The standard InChI is InChI=1S/C10H9ClN4O4/c1-5(13-14-10(17)9(12)16)6-2-3-7(11)8(4-6)15(18)19/h2-4H,1H3,(H2,12,16)(H,14,17)/b13-5+. The number of halogens is 1. The van der Waals surface area contributed by atoms with E-state index in [0.717, 1.165) is 0 Å². The molecular weight excluding hydrogens is 276 g/mol. The fourth-order valence-corrected chi connectivity index (χ4v) is 1.32. The lowest BCUT2D eigenvalue weighted by Gasteiger charge is -2.02. The predicted octanol–water partition coefficient (Wildman–Crippen LogP) is 0.574. The third kappa shape index (κ3) is 3.75. The summed E-state index contributed by atoms with van der Waals surface area (Å²) < 4.78 is 0. The Hall–Kier alpha value is -2.48. The number of hydrogen-bond donors (Lipinski definition) is 2. The highest BCUT2D eigenvalue weighted by molar-refractivity contribution is 6.34. The number of carbonyl (C=O) groups is 2. The molecule has 0 radical (unpaired) electrons. The number of nitro groups is 1. The lowest BCUT2D eigenvalue weighted by atomic mass is 10.1. The highest BCUT2D eigenvalue weighted by Gasteiger charge is 2.14. The van der Waals surface area contributed by atoms with Crippen molar-refractivity contribution in [2.45, 2.75) is 6.92 Å². The molecule has 0 aliphatic heterocycles. The third-order valence-corrected chi connectivity index (χ3v) is 2.43. The number of nitrogens with two attached hydrogens (primary N) is 1. The van der Waals surface area contributed by atoms with Gasteiger partial charge in [0.05, 0.1) is 10.6 Å². The van der Waals surface area contributed by atoms with Gasteiger partial charge in [0, 0.05) is 11.6 Å². The van der Waals surface area contributed by atoms with E-state index in [1.54, 1.807) is 0 Å². The average molecular weight is 285 g/mol. The molecule has 1 aromatic rings. The van der Waals surface area contributed by atoms with Crippen LogP contribution in [0.2, 0.25) is 5.02 Å². The van der Waals surface area contributed by atoms with Crippen LogP contribution in [0.15, 0.2) is 23.3 Å². The van der Waals surface area contributed by atoms with Crippen LogP contribution in [0.4, 0.5) is 5.69 Å². The van der Waals surface area contributed by atoms with E-state index in [2.05, 4.69) is 5.10 Å². The zero-order valence-electron chi connectivity index (χ0n) is 9.71. The summed E-state index contributed by atoms with van der Waals surface area (Å²) in [5, 5.41) is 14.3. The second-order valence-electron chi connectivity index (χ2n) is 3.43. The number of amides is 2. The Morgan fingerprint density at radius 1 is 1.47 bits per heavy atom. The maximum Gasteiger partial charge on any atom is 0.329 e. The molecule has 0 saturated carbocycles. The van der Waals surface area contributed by atoms with Crippen LogP contribution in [-0.4, -0.2) is 22.4 Å². The van der Waals surface area contributed by atoms with Gasteiger partial charge in [0.15, 0.2) is 0 Å². The van der Waals surface area contributed by atoms with Crippen LogP contribution in [0.1, 0.15) is 12.5 Å². The van der Waals surface area contributed by atoms with Crippen LogP contribution < -0.4 is 11.2 Å². The molecule has 19 heavy (non-hydrogen) atoms.